The van der Waals surface area contributed by atoms with E-state index >= 15 is 0 Å². The van der Waals surface area contributed by atoms with Gasteiger partial charge in [-0.1, -0.05) is 0 Å². The number of amides is 2. The second kappa shape index (κ2) is 9.40. The van der Waals surface area contributed by atoms with Crippen molar-refractivity contribution in [2.45, 2.75) is 33.3 Å². The molecule has 0 radical (unpaired) electrons. The average Bonchev–Trinajstić information content (AvgIpc) is 2.54. The first-order valence-corrected chi connectivity index (χ1v) is 9.54. The second-order valence-electron chi connectivity index (χ2n) is 6.25. The van der Waals surface area contributed by atoms with Crippen molar-refractivity contribution in [3.63, 3.8) is 0 Å². The minimum atomic E-state index is -3.99. The number of rotatable bonds is 8. The van der Waals surface area contributed by atoms with E-state index in [0.717, 1.165) is 0 Å². The van der Waals surface area contributed by atoms with Gasteiger partial charge in [0.2, 0.25) is 0 Å². The van der Waals surface area contributed by atoms with Gasteiger partial charge in [-0.05, 0) is 0 Å². The Kier molecular flexibility index (Phi) is 8.17. The summed E-state index contributed by atoms with van der Waals surface area (Å²) in [5.41, 5.74) is -0.699. The van der Waals surface area contributed by atoms with Crippen LogP contribution in [0.15, 0.2) is 0 Å². The normalized spacial score (nSPS) is 22.5. The van der Waals surface area contributed by atoms with E-state index in [1.807, 2.05) is 0 Å². The molecule has 0 aromatic heterocycles. The molecule has 0 saturated carbocycles. The van der Waals surface area contributed by atoms with E-state index in [1.54, 1.807) is 13.8 Å². The van der Waals surface area contributed by atoms with Crippen LogP contribution >= 0.6 is 8.17 Å². The van der Waals surface area contributed by atoms with Crippen molar-refractivity contribution in [1.29, 1.82) is 0 Å². The molecule has 25 heavy (non-hydrogen) atoms. The van der Waals surface area contributed by atoms with Gasteiger partial charge in [0.05, 0.1) is 0 Å². The Balaban J connectivity index is 2.58. The monoisotopic (exact) mass is 382 g/mol. The SMILES string of the molecule is COC(=O)CCNC(=O)[C@@H]1O[PH](O)(OCCNC(C)=O)OCC1(C)C. The summed E-state index contributed by atoms with van der Waals surface area (Å²) < 4.78 is 20.5. The molecule has 3 N–H and O–H groups in total. The van der Waals surface area contributed by atoms with Crippen LogP contribution in [0.2, 0.25) is 0 Å². The molecule has 1 saturated heterocycles. The Morgan fingerprint density at radius 2 is 1.96 bits per heavy atom. The molecule has 0 aliphatic carbocycles. The number of hydrogen-bond donors (Lipinski definition) is 3. The van der Waals surface area contributed by atoms with Gasteiger partial charge >= 0.3 is 146 Å². The third-order valence-corrected chi connectivity index (χ3v) is 5.07. The first-order chi connectivity index (χ1) is 11.6. The molecule has 2 amide bonds. The topological polar surface area (TPSA) is 132 Å². The molecule has 10 nitrogen and oxygen atoms in total. The molecule has 0 unspecified atom stereocenters. The summed E-state index contributed by atoms with van der Waals surface area (Å²) in [5, 5.41) is 5.08. The molecule has 1 heterocycles. The number of esters is 1. The van der Waals surface area contributed by atoms with Crippen LogP contribution < -0.4 is 10.6 Å². The van der Waals surface area contributed by atoms with Gasteiger partial charge in [0.1, 0.15) is 0 Å². The van der Waals surface area contributed by atoms with Crippen LogP contribution in [-0.4, -0.2) is 62.2 Å². The molecule has 1 aliphatic rings. The number of carbonyl (C=O) groups excluding carboxylic acids is 3. The van der Waals surface area contributed by atoms with Crippen LogP contribution in [0.5, 0.6) is 0 Å². The maximum atomic E-state index is 12.3. The summed E-state index contributed by atoms with van der Waals surface area (Å²) in [4.78, 5) is 44.6. The van der Waals surface area contributed by atoms with Crippen LogP contribution in [-0.2, 0) is 32.7 Å². The van der Waals surface area contributed by atoms with Gasteiger partial charge in [-0.3, -0.25) is 0 Å². The molecule has 1 atom stereocenters. The van der Waals surface area contributed by atoms with Crippen LogP contribution in [0.3, 0.4) is 0 Å². The molecule has 0 aromatic carbocycles. The molecule has 1 fully saturated rings. The zero-order valence-corrected chi connectivity index (χ0v) is 15.9. The summed E-state index contributed by atoms with van der Waals surface area (Å²) in [5.74, 6) is -1.15. The Morgan fingerprint density at radius 3 is 2.56 bits per heavy atom. The number of hydrogen-bond acceptors (Lipinski definition) is 8. The summed E-state index contributed by atoms with van der Waals surface area (Å²) in [6, 6.07) is 0. The van der Waals surface area contributed by atoms with E-state index in [-0.39, 0.29) is 38.6 Å². The Morgan fingerprint density at radius 1 is 1.28 bits per heavy atom. The van der Waals surface area contributed by atoms with E-state index in [4.69, 9.17) is 13.6 Å². The summed E-state index contributed by atoms with van der Waals surface area (Å²) in [6.07, 6.45) is -0.975. The molecule has 0 bridgehead atoms. The first-order valence-electron chi connectivity index (χ1n) is 7.87. The van der Waals surface area contributed by atoms with Gasteiger partial charge in [-0.2, -0.15) is 0 Å². The molecule has 0 aromatic rings. The second-order valence-corrected chi connectivity index (χ2v) is 8.11. The molecule has 1 aliphatic heterocycles. The Bertz CT molecular complexity index is 501. The van der Waals surface area contributed by atoms with Crippen molar-refractivity contribution in [1.82, 2.24) is 10.6 Å². The van der Waals surface area contributed by atoms with E-state index < -0.39 is 31.6 Å². The maximum absolute atomic E-state index is 12.3. The zero-order chi connectivity index (χ0) is 19.1. The van der Waals surface area contributed by atoms with Gasteiger partial charge in [0.25, 0.3) is 0 Å². The fraction of sp³-hybridized carbons (Fsp3) is 0.786. The van der Waals surface area contributed by atoms with Gasteiger partial charge in [0.15, 0.2) is 0 Å². The van der Waals surface area contributed by atoms with Crippen LogP contribution in [0.1, 0.15) is 27.2 Å². The van der Waals surface area contributed by atoms with Gasteiger partial charge in [-0.15, -0.1) is 0 Å². The van der Waals surface area contributed by atoms with Gasteiger partial charge in [-0.25, -0.2) is 0 Å². The third kappa shape index (κ3) is 7.21. The van der Waals surface area contributed by atoms with Gasteiger partial charge in [0, 0.05) is 0 Å². The van der Waals surface area contributed by atoms with E-state index in [9.17, 15) is 19.3 Å². The van der Waals surface area contributed by atoms with Crippen LogP contribution in [0.25, 0.3) is 0 Å². The van der Waals surface area contributed by atoms with E-state index in [0.29, 0.717) is 0 Å². The van der Waals surface area contributed by atoms with Crippen molar-refractivity contribution >= 4 is 26.0 Å². The molecule has 0 spiro atoms. The van der Waals surface area contributed by atoms with E-state index in [1.165, 1.54) is 14.0 Å². The summed E-state index contributed by atoms with van der Waals surface area (Å²) in [7, 11) is -2.73. The fourth-order valence-corrected chi connectivity index (χ4v) is 3.93. The zero-order valence-electron chi connectivity index (χ0n) is 14.9. The van der Waals surface area contributed by atoms with Crippen molar-refractivity contribution in [2.75, 3.05) is 33.4 Å². The van der Waals surface area contributed by atoms with Crippen molar-refractivity contribution < 1.29 is 37.6 Å². The number of methoxy groups -OCH3 is 1. The Hall–Kier alpha value is -1.32. The number of nitrogens with one attached hydrogen (secondary N) is 2. The molecule has 1 rings (SSSR count). The standard InChI is InChI=1S/C14H27N2O8P/c1-10(17)15-7-8-22-25(20)23-9-14(2,3)12(24-25)13(19)16-6-5-11(18)21-4/h12,20,25H,5-9H2,1-4H3,(H,15,17)(H,16,19)/t12-/m0/s1. The fourth-order valence-electron chi connectivity index (χ4n) is 2.07. The summed E-state index contributed by atoms with van der Waals surface area (Å²) >= 11 is 0. The van der Waals surface area contributed by atoms with E-state index in [2.05, 4.69) is 15.4 Å². The first kappa shape index (κ1) is 21.7. The molecular weight excluding hydrogens is 355 g/mol. The molecule has 11 heteroatoms. The molecule has 146 valence electrons. The average molecular weight is 382 g/mol. The predicted octanol–water partition coefficient (Wildman–Crippen LogP) is -0.338. The minimum absolute atomic E-state index is 0.0145. The van der Waals surface area contributed by atoms with Crippen LogP contribution in [0, 0.1) is 5.41 Å². The number of carbonyl (C=O) groups is 3. The van der Waals surface area contributed by atoms with Gasteiger partial charge < -0.3 is 0 Å². The Labute approximate surface area is 147 Å². The summed E-state index contributed by atoms with van der Waals surface area (Å²) in [6.45, 7) is 5.18. The third-order valence-electron chi connectivity index (χ3n) is 3.46. The van der Waals surface area contributed by atoms with Crippen molar-refractivity contribution in [3.8, 4) is 0 Å². The quantitative estimate of drug-likeness (QED) is 0.295. The molecular formula is C14H27N2O8P. The van der Waals surface area contributed by atoms with Crippen molar-refractivity contribution in [3.05, 3.63) is 0 Å². The number of ether oxygens (including phenoxy) is 1. The van der Waals surface area contributed by atoms with Crippen LogP contribution in [0.4, 0.5) is 0 Å². The van der Waals surface area contributed by atoms with Crippen molar-refractivity contribution in [2.24, 2.45) is 5.41 Å². The predicted molar refractivity (Wildman–Crippen MR) is 89.4 cm³/mol.